The Balaban J connectivity index is 2.84. The molecule has 19 heavy (non-hydrogen) atoms. The number of likely N-dealkylation sites (N-methyl/N-ethyl adjacent to an activating group) is 1. The van der Waals surface area contributed by atoms with E-state index in [1.54, 1.807) is 19.0 Å². The number of ether oxygens (including phenoxy) is 1. The van der Waals surface area contributed by atoms with Crippen LogP contribution in [-0.2, 0) is 10.9 Å². The van der Waals surface area contributed by atoms with Crippen molar-refractivity contribution in [3.05, 3.63) is 35.1 Å². The number of carbonyl (C=O) groups excluding carboxylic acids is 1. The first kappa shape index (κ1) is 15.4. The standard InChI is InChI=1S/C12H13F4NO2/c1-17(2)5-6-19-11(18)9-7-8(12(14,15)16)3-4-10(9)13/h3-4,7H,5-6H2,1-2H3. The van der Waals surface area contributed by atoms with Crippen LogP contribution in [0.25, 0.3) is 0 Å². The van der Waals surface area contributed by atoms with Crippen LogP contribution in [0.15, 0.2) is 18.2 Å². The molecule has 0 saturated heterocycles. The van der Waals surface area contributed by atoms with E-state index in [1.165, 1.54) is 0 Å². The Bertz CT molecular complexity index is 458. The van der Waals surface area contributed by atoms with Crippen LogP contribution in [0.3, 0.4) is 0 Å². The van der Waals surface area contributed by atoms with Crippen molar-refractivity contribution in [1.29, 1.82) is 0 Å². The third-order valence-corrected chi connectivity index (χ3v) is 2.29. The van der Waals surface area contributed by atoms with Crippen LogP contribution in [0.2, 0.25) is 0 Å². The summed E-state index contributed by atoms with van der Waals surface area (Å²) in [6.45, 7) is 0.369. The largest absolute Gasteiger partial charge is 0.461 e. The first-order valence-corrected chi connectivity index (χ1v) is 5.40. The summed E-state index contributed by atoms with van der Waals surface area (Å²) < 4.78 is 55.3. The van der Waals surface area contributed by atoms with Crippen molar-refractivity contribution in [2.24, 2.45) is 0 Å². The van der Waals surface area contributed by atoms with Crippen LogP contribution in [0, 0.1) is 5.82 Å². The van der Waals surface area contributed by atoms with Gasteiger partial charge in [-0.2, -0.15) is 13.2 Å². The molecule has 1 aromatic carbocycles. The molecule has 0 radical (unpaired) electrons. The lowest BCUT2D eigenvalue weighted by atomic mass is 10.1. The van der Waals surface area contributed by atoms with Crippen molar-refractivity contribution >= 4 is 5.97 Å². The van der Waals surface area contributed by atoms with Gasteiger partial charge in [0.25, 0.3) is 0 Å². The van der Waals surface area contributed by atoms with Gasteiger partial charge in [0, 0.05) is 6.54 Å². The molecule has 0 bridgehead atoms. The lowest BCUT2D eigenvalue weighted by molar-refractivity contribution is -0.137. The van der Waals surface area contributed by atoms with Crippen molar-refractivity contribution < 1.29 is 27.1 Å². The molecule has 0 aromatic heterocycles. The van der Waals surface area contributed by atoms with E-state index in [-0.39, 0.29) is 6.61 Å². The molecule has 1 rings (SSSR count). The Labute approximate surface area is 107 Å². The van der Waals surface area contributed by atoms with Gasteiger partial charge in [-0.25, -0.2) is 9.18 Å². The smallest absolute Gasteiger partial charge is 0.416 e. The van der Waals surface area contributed by atoms with E-state index in [2.05, 4.69) is 0 Å². The highest BCUT2D eigenvalue weighted by atomic mass is 19.4. The van der Waals surface area contributed by atoms with Gasteiger partial charge in [-0.05, 0) is 32.3 Å². The Morgan fingerprint density at radius 1 is 1.32 bits per heavy atom. The highest BCUT2D eigenvalue weighted by Gasteiger charge is 2.32. The van der Waals surface area contributed by atoms with E-state index in [9.17, 15) is 22.4 Å². The van der Waals surface area contributed by atoms with Crippen molar-refractivity contribution in [3.63, 3.8) is 0 Å². The summed E-state index contributed by atoms with van der Waals surface area (Å²) in [6.07, 6.45) is -4.63. The van der Waals surface area contributed by atoms with Gasteiger partial charge in [0.2, 0.25) is 0 Å². The maximum atomic E-state index is 13.3. The van der Waals surface area contributed by atoms with Gasteiger partial charge in [-0.1, -0.05) is 0 Å². The van der Waals surface area contributed by atoms with Gasteiger partial charge in [-0.15, -0.1) is 0 Å². The van der Waals surface area contributed by atoms with Crippen LogP contribution in [0.1, 0.15) is 15.9 Å². The SMILES string of the molecule is CN(C)CCOC(=O)c1cc(C(F)(F)F)ccc1F. The van der Waals surface area contributed by atoms with Crippen molar-refractivity contribution in [2.45, 2.75) is 6.18 Å². The lowest BCUT2D eigenvalue weighted by Crippen LogP contribution is -2.20. The molecule has 0 amide bonds. The fourth-order valence-electron chi connectivity index (χ4n) is 1.26. The van der Waals surface area contributed by atoms with Gasteiger partial charge in [0.1, 0.15) is 12.4 Å². The maximum absolute atomic E-state index is 13.3. The van der Waals surface area contributed by atoms with Gasteiger partial charge < -0.3 is 9.64 Å². The number of rotatable bonds is 4. The van der Waals surface area contributed by atoms with Crippen molar-refractivity contribution in [1.82, 2.24) is 4.90 Å². The Kier molecular flexibility index (Phi) is 4.88. The van der Waals surface area contributed by atoms with Crippen LogP contribution in [0.4, 0.5) is 17.6 Å². The predicted molar refractivity (Wildman–Crippen MR) is 60.2 cm³/mol. The van der Waals surface area contributed by atoms with Gasteiger partial charge >= 0.3 is 12.1 Å². The van der Waals surface area contributed by atoms with E-state index in [1.807, 2.05) is 0 Å². The van der Waals surface area contributed by atoms with Crippen molar-refractivity contribution in [2.75, 3.05) is 27.2 Å². The minimum Gasteiger partial charge on any atom is -0.461 e. The molecule has 0 N–H and O–H groups in total. The molecule has 3 nitrogen and oxygen atoms in total. The summed E-state index contributed by atoms with van der Waals surface area (Å²) in [5.41, 5.74) is -1.80. The molecular formula is C12H13F4NO2. The molecule has 7 heteroatoms. The minimum atomic E-state index is -4.63. The summed E-state index contributed by atoms with van der Waals surface area (Å²) >= 11 is 0. The fraction of sp³-hybridized carbons (Fsp3) is 0.417. The first-order valence-electron chi connectivity index (χ1n) is 5.40. The highest BCUT2D eigenvalue weighted by molar-refractivity contribution is 5.90. The number of esters is 1. The zero-order valence-electron chi connectivity index (χ0n) is 10.4. The minimum absolute atomic E-state index is 0.0263. The van der Waals surface area contributed by atoms with E-state index in [4.69, 9.17) is 4.74 Å². The summed E-state index contributed by atoms with van der Waals surface area (Å²) in [5, 5.41) is 0. The topological polar surface area (TPSA) is 29.5 Å². The number of nitrogens with zero attached hydrogens (tertiary/aromatic N) is 1. The Morgan fingerprint density at radius 3 is 2.47 bits per heavy atom. The number of benzene rings is 1. The fourth-order valence-corrected chi connectivity index (χ4v) is 1.26. The van der Waals surface area contributed by atoms with Crippen LogP contribution in [-0.4, -0.2) is 38.1 Å². The summed E-state index contributed by atoms with van der Waals surface area (Å²) in [4.78, 5) is 13.2. The molecule has 0 aliphatic rings. The van der Waals surface area contributed by atoms with E-state index >= 15 is 0 Å². The number of hydrogen-bond donors (Lipinski definition) is 0. The molecule has 0 spiro atoms. The second kappa shape index (κ2) is 6.01. The van der Waals surface area contributed by atoms with E-state index in [0.29, 0.717) is 24.7 Å². The first-order chi connectivity index (χ1) is 8.71. The zero-order valence-corrected chi connectivity index (χ0v) is 10.4. The average Bonchev–Trinajstić information content (AvgIpc) is 2.27. The normalized spacial score (nSPS) is 11.7. The predicted octanol–water partition coefficient (Wildman–Crippen LogP) is 2.56. The number of alkyl halides is 3. The summed E-state index contributed by atoms with van der Waals surface area (Å²) in [5.74, 6) is -2.15. The molecule has 0 heterocycles. The van der Waals surface area contributed by atoms with E-state index < -0.39 is 29.1 Å². The van der Waals surface area contributed by atoms with Crippen LogP contribution < -0.4 is 0 Å². The number of hydrogen-bond acceptors (Lipinski definition) is 3. The molecular weight excluding hydrogens is 266 g/mol. The lowest BCUT2D eigenvalue weighted by Gasteiger charge is -2.11. The molecule has 0 unspecified atom stereocenters. The summed E-state index contributed by atoms with van der Waals surface area (Å²) in [6, 6.07) is 1.63. The van der Waals surface area contributed by atoms with Crippen molar-refractivity contribution in [3.8, 4) is 0 Å². The summed E-state index contributed by atoms with van der Waals surface area (Å²) in [7, 11) is 3.47. The number of halogens is 4. The molecule has 0 saturated carbocycles. The van der Waals surface area contributed by atoms with Crippen LogP contribution >= 0.6 is 0 Å². The molecule has 0 fully saturated rings. The Morgan fingerprint density at radius 2 is 1.95 bits per heavy atom. The third-order valence-electron chi connectivity index (χ3n) is 2.29. The molecule has 0 aliphatic carbocycles. The molecule has 0 aliphatic heterocycles. The molecule has 106 valence electrons. The second-order valence-corrected chi connectivity index (χ2v) is 4.13. The quantitative estimate of drug-likeness (QED) is 0.626. The molecule has 0 atom stereocenters. The highest BCUT2D eigenvalue weighted by Crippen LogP contribution is 2.30. The maximum Gasteiger partial charge on any atom is 0.416 e. The van der Waals surface area contributed by atoms with E-state index in [0.717, 1.165) is 0 Å². The second-order valence-electron chi connectivity index (χ2n) is 4.13. The molecule has 1 aromatic rings. The third kappa shape index (κ3) is 4.51. The van der Waals surface area contributed by atoms with Gasteiger partial charge in [-0.3, -0.25) is 0 Å². The number of carbonyl (C=O) groups is 1. The Hall–Kier alpha value is -1.63. The van der Waals surface area contributed by atoms with Gasteiger partial charge in [0.15, 0.2) is 0 Å². The van der Waals surface area contributed by atoms with Gasteiger partial charge in [0.05, 0.1) is 11.1 Å². The van der Waals surface area contributed by atoms with Crippen LogP contribution in [0.5, 0.6) is 0 Å². The zero-order chi connectivity index (χ0) is 14.6. The monoisotopic (exact) mass is 279 g/mol. The average molecular weight is 279 g/mol.